The Kier molecular flexibility index (Phi) is 11.2. The second-order valence-electron chi connectivity index (χ2n) is 5.20. The lowest BCUT2D eigenvalue weighted by Crippen LogP contribution is -2.41. The normalized spacial score (nSPS) is 12.6. The molecule has 0 aromatic carbocycles. The summed E-state index contributed by atoms with van der Waals surface area (Å²) in [5.74, 6) is 2.02. The Bertz CT molecular complexity index is 234. The van der Waals surface area contributed by atoms with Crippen LogP contribution >= 0.6 is 11.8 Å². The van der Waals surface area contributed by atoms with E-state index in [1.165, 1.54) is 0 Å². The molecule has 114 valence electrons. The van der Waals surface area contributed by atoms with Gasteiger partial charge in [-0.25, -0.2) is 0 Å². The predicted molar refractivity (Wildman–Crippen MR) is 89.3 cm³/mol. The maximum atomic E-state index is 4.22. The van der Waals surface area contributed by atoms with Gasteiger partial charge < -0.3 is 10.6 Å². The molecule has 0 spiro atoms. The molecule has 0 fully saturated rings. The van der Waals surface area contributed by atoms with Crippen molar-refractivity contribution in [3.63, 3.8) is 0 Å². The first-order valence-corrected chi connectivity index (χ1v) is 8.61. The summed E-state index contributed by atoms with van der Waals surface area (Å²) in [6, 6.07) is 1.22. The largest absolute Gasteiger partial charge is 0.356 e. The van der Waals surface area contributed by atoms with E-state index in [1.807, 2.05) is 18.8 Å². The molecule has 0 rings (SSSR count). The van der Waals surface area contributed by atoms with Crippen molar-refractivity contribution in [2.24, 2.45) is 4.99 Å². The van der Waals surface area contributed by atoms with Gasteiger partial charge in [-0.1, -0.05) is 0 Å². The number of hydrogen-bond donors (Lipinski definition) is 2. The highest BCUT2D eigenvalue weighted by molar-refractivity contribution is 7.98. The summed E-state index contributed by atoms with van der Waals surface area (Å²) in [5.41, 5.74) is 0. The summed E-state index contributed by atoms with van der Waals surface area (Å²) in [5, 5.41) is 6.67. The van der Waals surface area contributed by atoms with Gasteiger partial charge in [0.25, 0.3) is 0 Å². The molecular weight excluding hydrogens is 256 g/mol. The van der Waals surface area contributed by atoms with Gasteiger partial charge in [0.05, 0.1) is 0 Å². The number of guanidine groups is 1. The van der Waals surface area contributed by atoms with Gasteiger partial charge >= 0.3 is 0 Å². The summed E-state index contributed by atoms with van der Waals surface area (Å²) in [7, 11) is 1.82. The van der Waals surface area contributed by atoms with Gasteiger partial charge in [-0.2, -0.15) is 11.8 Å². The quantitative estimate of drug-likeness (QED) is 0.387. The molecule has 0 aromatic rings. The Morgan fingerprint density at radius 3 is 2.16 bits per heavy atom. The molecule has 0 aliphatic carbocycles. The summed E-state index contributed by atoms with van der Waals surface area (Å²) in [4.78, 5) is 6.74. The van der Waals surface area contributed by atoms with Crippen LogP contribution in [0.3, 0.4) is 0 Å². The SMILES string of the molecule is CN=C(NCCCN(C(C)C)C(C)C)NCCSC. The van der Waals surface area contributed by atoms with Crippen molar-refractivity contribution < 1.29 is 0 Å². The van der Waals surface area contributed by atoms with E-state index in [4.69, 9.17) is 0 Å². The number of hydrogen-bond acceptors (Lipinski definition) is 3. The Labute approximate surface area is 123 Å². The van der Waals surface area contributed by atoms with E-state index >= 15 is 0 Å². The van der Waals surface area contributed by atoms with Gasteiger partial charge in [0.1, 0.15) is 0 Å². The lowest BCUT2D eigenvalue weighted by Gasteiger charge is -2.30. The highest BCUT2D eigenvalue weighted by Crippen LogP contribution is 2.05. The number of nitrogens with one attached hydrogen (secondary N) is 2. The highest BCUT2D eigenvalue weighted by Gasteiger charge is 2.12. The molecule has 0 aliphatic rings. The Morgan fingerprint density at radius 2 is 1.68 bits per heavy atom. The molecule has 0 aliphatic heterocycles. The van der Waals surface area contributed by atoms with E-state index in [2.05, 4.69) is 54.5 Å². The molecule has 0 radical (unpaired) electrons. The van der Waals surface area contributed by atoms with Crippen LogP contribution in [-0.4, -0.2) is 61.6 Å². The Morgan fingerprint density at radius 1 is 1.11 bits per heavy atom. The minimum Gasteiger partial charge on any atom is -0.356 e. The average Bonchev–Trinajstić information content (AvgIpc) is 2.35. The van der Waals surface area contributed by atoms with Crippen molar-refractivity contribution in [1.82, 2.24) is 15.5 Å². The van der Waals surface area contributed by atoms with E-state index in [-0.39, 0.29) is 0 Å². The molecular formula is C14H32N4S. The first kappa shape index (κ1) is 18.6. The van der Waals surface area contributed by atoms with Crippen molar-refractivity contribution in [3.8, 4) is 0 Å². The topological polar surface area (TPSA) is 39.7 Å². The fourth-order valence-electron chi connectivity index (χ4n) is 2.07. The van der Waals surface area contributed by atoms with Gasteiger partial charge in [-0.3, -0.25) is 9.89 Å². The van der Waals surface area contributed by atoms with Crippen LogP contribution in [0.4, 0.5) is 0 Å². The molecule has 0 bridgehead atoms. The Balaban J connectivity index is 3.82. The van der Waals surface area contributed by atoms with Crippen LogP contribution in [0.5, 0.6) is 0 Å². The fraction of sp³-hybridized carbons (Fsp3) is 0.929. The van der Waals surface area contributed by atoms with Crippen LogP contribution in [0.25, 0.3) is 0 Å². The number of rotatable bonds is 9. The van der Waals surface area contributed by atoms with E-state index in [0.717, 1.165) is 37.8 Å². The lowest BCUT2D eigenvalue weighted by atomic mass is 10.2. The van der Waals surface area contributed by atoms with Crippen LogP contribution in [-0.2, 0) is 0 Å². The summed E-state index contributed by atoms with van der Waals surface area (Å²) >= 11 is 1.84. The van der Waals surface area contributed by atoms with E-state index < -0.39 is 0 Å². The zero-order valence-electron chi connectivity index (χ0n) is 13.5. The van der Waals surface area contributed by atoms with Gasteiger partial charge in [-0.05, 0) is 40.4 Å². The molecule has 0 aromatic heterocycles. The third-order valence-corrected chi connectivity index (χ3v) is 3.65. The zero-order chi connectivity index (χ0) is 14.7. The molecule has 0 saturated carbocycles. The fourth-order valence-corrected chi connectivity index (χ4v) is 2.38. The van der Waals surface area contributed by atoms with Crippen LogP contribution < -0.4 is 10.6 Å². The van der Waals surface area contributed by atoms with Gasteiger partial charge in [0.15, 0.2) is 5.96 Å². The average molecular weight is 289 g/mol. The van der Waals surface area contributed by atoms with Crippen molar-refractivity contribution in [2.45, 2.75) is 46.2 Å². The maximum Gasteiger partial charge on any atom is 0.191 e. The van der Waals surface area contributed by atoms with Gasteiger partial charge in [0.2, 0.25) is 0 Å². The molecule has 2 N–H and O–H groups in total. The number of aliphatic imine (C=N–C) groups is 1. The minimum atomic E-state index is 0.610. The molecule has 0 amide bonds. The second-order valence-corrected chi connectivity index (χ2v) is 6.18. The van der Waals surface area contributed by atoms with Crippen LogP contribution in [0.15, 0.2) is 4.99 Å². The molecule has 0 unspecified atom stereocenters. The van der Waals surface area contributed by atoms with Crippen LogP contribution in [0.2, 0.25) is 0 Å². The third-order valence-electron chi connectivity index (χ3n) is 3.03. The molecule has 0 heterocycles. The van der Waals surface area contributed by atoms with Crippen LogP contribution in [0, 0.1) is 0 Å². The van der Waals surface area contributed by atoms with Crippen LogP contribution in [0.1, 0.15) is 34.1 Å². The van der Waals surface area contributed by atoms with E-state index in [9.17, 15) is 0 Å². The maximum absolute atomic E-state index is 4.22. The lowest BCUT2D eigenvalue weighted by molar-refractivity contribution is 0.173. The summed E-state index contributed by atoms with van der Waals surface area (Å²) in [6.07, 6.45) is 3.25. The Hall–Kier alpha value is -0.420. The van der Waals surface area contributed by atoms with E-state index in [0.29, 0.717) is 12.1 Å². The highest BCUT2D eigenvalue weighted by atomic mass is 32.2. The van der Waals surface area contributed by atoms with Gasteiger partial charge in [-0.15, -0.1) is 0 Å². The smallest absolute Gasteiger partial charge is 0.191 e. The first-order chi connectivity index (χ1) is 9.02. The minimum absolute atomic E-state index is 0.610. The molecule has 0 saturated heterocycles. The van der Waals surface area contributed by atoms with Gasteiger partial charge in [0, 0.05) is 44.5 Å². The molecule has 5 heteroatoms. The molecule has 19 heavy (non-hydrogen) atoms. The second kappa shape index (κ2) is 11.4. The van der Waals surface area contributed by atoms with Crippen molar-refractivity contribution in [2.75, 3.05) is 38.7 Å². The standard InChI is InChI=1S/C14H32N4S/c1-12(2)18(13(3)4)10-7-8-16-14(15-5)17-9-11-19-6/h12-13H,7-11H2,1-6H3,(H2,15,16,17). The summed E-state index contributed by atoms with van der Waals surface area (Å²) < 4.78 is 0. The molecule has 0 atom stereocenters. The predicted octanol–water partition coefficient (Wildman–Crippen LogP) is 2.02. The van der Waals surface area contributed by atoms with Crippen molar-refractivity contribution in [1.29, 1.82) is 0 Å². The molecule has 4 nitrogen and oxygen atoms in total. The third kappa shape index (κ3) is 9.16. The number of thioether (sulfide) groups is 1. The first-order valence-electron chi connectivity index (χ1n) is 7.22. The zero-order valence-corrected chi connectivity index (χ0v) is 14.3. The van der Waals surface area contributed by atoms with E-state index in [1.54, 1.807) is 0 Å². The number of nitrogens with zero attached hydrogens (tertiary/aromatic N) is 2. The van der Waals surface area contributed by atoms with Crippen molar-refractivity contribution in [3.05, 3.63) is 0 Å². The summed E-state index contributed by atoms with van der Waals surface area (Å²) in [6.45, 7) is 12.1. The monoisotopic (exact) mass is 288 g/mol. The van der Waals surface area contributed by atoms with Crippen molar-refractivity contribution >= 4 is 17.7 Å².